The first-order valence-electron chi connectivity index (χ1n) is 7.40. The highest BCUT2D eigenvalue weighted by Gasteiger charge is 2.39. The van der Waals surface area contributed by atoms with Crippen molar-refractivity contribution in [3.8, 4) is 0 Å². The average molecular weight is 283 g/mol. The van der Waals surface area contributed by atoms with E-state index in [1.165, 1.54) is 0 Å². The summed E-state index contributed by atoms with van der Waals surface area (Å²) in [5, 5.41) is 6.11. The number of carbonyl (C=O) groups excluding carboxylic acids is 2. The van der Waals surface area contributed by atoms with Crippen molar-refractivity contribution in [2.24, 2.45) is 11.8 Å². The predicted octanol–water partition coefficient (Wildman–Crippen LogP) is -0.406. The van der Waals surface area contributed by atoms with Crippen molar-refractivity contribution < 1.29 is 14.3 Å². The summed E-state index contributed by atoms with van der Waals surface area (Å²) in [5.74, 6) is 0.253. The standard InChI is InChI=1S/C14H25N3O3/c1-9(2)16-13(18)12-8-20-5-4-17(12)14(19)11-7-15-6-10(11)3/h9-12,15H,4-8H2,1-3H3,(H,16,18)/t10-,11-,12?/m1/s1. The van der Waals surface area contributed by atoms with Crippen molar-refractivity contribution in [3.05, 3.63) is 0 Å². The molecule has 2 amide bonds. The summed E-state index contributed by atoms with van der Waals surface area (Å²) >= 11 is 0. The highest BCUT2D eigenvalue weighted by atomic mass is 16.5. The fourth-order valence-corrected chi connectivity index (χ4v) is 2.82. The van der Waals surface area contributed by atoms with Crippen molar-refractivity contribution in [1.82, 2.24) is 15.5 Å². The van der Waals surface area contributed by atoms with Gasteiger partial charge in [-0.25, -0.2) is 0 Å². The number of ether oxygens (including phenoxy) is 1. The van der Waals surface area contributed by atoms with E-state index in [0.717, 1.165) is 6.54 Å². The number of nitrogens with one attached hydrogen (secondary N) is 2. The fraction of sp³-hybridized carbons (Fsp3) is 0.857. The van der Waals surface area contributed by atoms with Crippen LogP contribution < -0.4 is 10.6 Å². The monoisotopic (exact) mass is 283 g/mol. The lowest BCUT2D eigenvalue weighted by Gasteiger charge is -2.37. The van der Waals surface area contributed by atoms with Gasteiger partial charge in [0.15, 0.2) is 0 Å². The molecule has 6 heteroatoms. The Morgan fingerprint density at radius 2 is 2.10 bits per heavy atom. The molecule has 0 saturated carbocycles. The largest absolute Gasteiger partial charge is 0.377 e. The molecule has 0 radical (unpaired) electrons. The van der Waals surface area contributed by atoms with Gasteiger partial charge < -0.3 is 20.3 Å². The van der Waals surface area contributed by atoms with Crippen LogP contribution in [-0.4, -0.2) is 61.6 Å². The lowest BCUT2D eigenvalue weighted by atomic mass is 9.95. The first kappa shape index (κ1) is 15.3. The van der Waals surface area contributed by atoms with Crippen LogP contribution in [-0.2, 0) is 14.3 Å². The summed E-state index contributed by atoms with van der Waals surface area (Å²) < 4.78 is 5.38. The van der Waals surface area contributed by atoms with Gasteiger partial charge in [-0.05, 0) is 26.3 Å². The first-order valence-corrected chi connectivity index (χ1v) is 7.40. The number of nitrogens with zero attached hydrogens (tertiary/aromatic N) is 1. The van der Waals surface area contributed by atoms with E-state index in [9.17, 15) is 9.59 Å². The molecule has 20 heavy (non-hydrogen) atoms. The SMILES string of the molecule is CC(C)NC(=O)C1COCCN1C(=O)[C@@H]1CNC[C@H]1C. The van der Waals surface area contributed by atoms with E-state index in [-0.39, 0.29) is 23.8 Å². The molecule has 2 rings (SSSR count). The number of rotatable bonds is 3. The van der Waals surface area contributed by atoms with Gasteiger partial charge in [0.1, 0.15) is 6.04 Å². The quantitative estimate of drug-likeness (QED) is 0.739. The zero-order valence-electron chi connectivity index (χ0n) is 12.5. The van der Waals surface area contributed by atoms with Gasteiger partial charge in [-0.1, -0.05) is 6.92 Å². The molecule has 0 aromatic carbocycles. The molecule has 114 valence electrons. The number of hydrogen-bond donors (Lipinski definition) is 2. The van der Waals surface area contributed by atoms with E-state index in [0.29, 0.717) is 32.2 Å². The van der Waals surface area contributed by atoms with Crippen LogP contribution in [0.15, 0.2) is 0 Å². The highest BCUT2D eigenvalue weighted by molar-refractivity contribution is 5.89. The summed E-state index contributed by atoms with van der Waals surface area (Å²) in [6.07, 6.45) is 0. The van der Waals surface area contributed by atoms with Crippen molar-refractivity contribution >= 4 is 11.8 Å². The summed E-state index contributed by atoms with van der Waals surface area (Å²) in [5.41, 5.74) is 0. The third kappa shape index (κ3) is 3.30. The van der Waals surface area contributed by atoms with Gasteiger partial charge in [-0.15, -0.1) is 0 Å². The Hall–Kier alpha value is -1.14. The maximum atomic E-state index is 12.7. The molecule has 2 saturated heterocycles. The Bertz CT molecular complexity index is 373. The lowest BCUT2D eigenvalue weighted by molar-refractivity contribution is -0.152. The van der Waals surface area contributed by atoms with Gasteiger partial charge in [0.2, 0.25) is 11.8 Å². The van der Waals surface area contributed by atoms with Crippen LogP contribution in [0, 0.1) is 11.8 Å². The van der Waals surface area contributed by atoms with E-state index in [2.05, 4.69) is 17.6 Å². The molecule has 2 heterocycles. The van der Waals surface area contributed by atoms with Crippen molar-refractivity contribution in [2.75, 3.05) is 32.8 Å². The summed E-state index contributed by atoms with van der Waals surface area (Å²) in [4.78, 5) is 26.6. The molecule has 1 unspecified atom stereocenters. The van der Waals surface area contributed by atoms with E-state index >= 15 is 0 Å². The Morgan fingerprint density at radius 3 is 2.70 bits per heavy atom. The van der Waals surface area contributed by atoms with Crippen LogP contribution >= 0.6 is 0 Å². The van der Waals surface area contributed by atoms with Gasteiger partial charge >= 0.3 is 0 Å². The van der Waals surface area contributed by atoms with E-state index < -0.39 is 6.04 Å². The topological polar surface area (TPSA) is 70.7 Å². The van der Waals surface area contributed by atoms with Crippen molar-refractivity contribution in [2.45, 2.75) is 32.9 Å². The number of hydrogen-bond acceptors (Lipinski definition) is 4. The summed E-state index contributed by atoms with van der Waals surface area (Å²) in [6, 6.07) is -0.431. The Labute approximate surface area is 120 Å². The van der Waals surface area contributed by atoms with Crippen molar-refractivity contribution in [1.29, 1.82) is 0 Å². The van der Waals surface area contributed by atoms with Crippen LogP contribution in [0.5, 0.6) is 0 Å². The maximum Gasteiger partial charge on any atom is 0.245 e. The molecule has 0 bridgehead atoms. The summed E-state index contributed by atoms with van der Waals surface area (Å²) in [7, 11) is 0. The van der Waals surface area contributed by atoms with Gasteiger partial charge in [-0.2, -0.15) is 0 Å². The smallest absolute Gasteiger partial charge is 0.245 e. The summed E-state index contributed by atoms with van der Waals surface area (Å²) in [6.45, 7) is 8.77. The van der Waals surface area contributed by atoms with Gasteiger partial charge in [0.05, 0.1) is 19.1 Å². The van der Waals surface area contributed by atoms with Crippen molar-refractivity contribution in [3.63, 3.8) is 0 Å². The zero-order valence-corrected chi connectivity index (χ0v) is 12.5. The fourth-order valence-electron chi connectivity index (χ4n) is 2.82. The number of amides is 2. The van der Waals surface area contributed by atoms with Gasteiger partial charge in [0.25, 0.3) is 0 Å². The average Bonchev–Trinajstić information content (AvgIpc) is 2.83. The molecule has 2 N–H and O–H groups in total. The minimum absolute atomic E-state index is 0.0255. The first-order chi connectivity index (χ1) is 9.50. The Kier molecular flexibility index (Phi) is 4.99. The van der Waals surface area contributed by atoms with E-state index in [4.69, 9.17) is 4.74 Å². The van der Waals surface area contributed by atoms with Crippen LogP contribution in [0.25, 0.3) is 0 Å². The predicted molar refractivity (Wildman–Crippen MR) is 75.1 cm³/mol. The second-order valence-corrected chi connectivity index (χ2v) is 6.03. The Balaban J connectivity index is 2.06. The molecule has 0 aromatic heterocycles. The van der Waals surface area contributed by atoms with Gasteiger partial charge in [0, 0.05) is 19.1 Å². The lowest BCUT2D eigenvalue weighted by Crippen LogP contribution is -2.58. The van der Waals surface area contributed by atoms with Crippen LogP contribution in [0.3, 0.4) is 0 Å². The second-order valence-electron chi connectivity index (χ2n) is 6.03. The maximum absolute atomic E-state index is 12.7. The molecule has 0 aliphatic carbocycles. The highest BCUT2D eigenvalue weighted by Crippen LogP contribution is 2.21. The zero-order chi connectivity index (χ0) is 14.7. The normalized spacial score (nSPS) is 30.6. The third-order valence-electron chi connectivity index (χ3n) is 3.98. The Morgan fingerprint density at radius 1 is 1.35 bits per heavy atom. The third-order valence-corrected chi connectivity index (χ3v) is 3.98. The number of morpholine rings is 1. The molecule has 2 aliphatic heterocycles. The van der Waals surface area contributed by atoms with Crippen LogP contribution in [0.4, 0.5) is 0 Å². The molecular formula is C14H25N3O3. The molecule has 2 fully saturated rings. The van der Waals surface area contributed by atoms with E-state index in [1.807, 2.05) is 13.8 Å². The number of carbonyl (C=O) groups is 2. The van der Waals surface area contributed by atoms with E-state index in [1.54, 1.807) is 4.90 Å². The molecule has 6 nitrogen and oxygen atoms in total. The molecular weight excluding hydrogens is 258 g/mol. The molecule has 0 aromatic rings. The minimum Gasteiger partial charge on any atom is -0.377 e. The van der Waals surface area contributed by atoms with Crippen LogP contribution in [0.2, 0.25) is 0 Å². The molecule has 2 aliphatic rings. The second kappa shape index (κ2) is 6.54. The minimum atomic E-state index is -0.494. The van der Waals surface area contributed by atoms with Gasteiger partial charge in [-0.3, -0.25) is 9.59 Å². The van der Waals surface area contributed by atoms with Crippen LogP contribution in [0.1, 0.15) is 20.8 Å². The molecule has 3 atom stereocenters. The molecule has 0 spiro atoms.